The highest BCUT2D eigenvalue weighted by atomic mass is 19.1. The minimum Gasteiger partial charge on any atom is -0.454 e. The Kier molecular flexibility index (Phi) is 7.49. The van der Waals surface area contributed by atoms with Crippen LogP contribution in [0.3, 0.4) is 0 Å². The number of rotatable bonds is 8. The Hall–Kier alpha value is -3.22. The first-order valence-electron chi connectivity index (χ1n) is 8.46. The fraction of sp³-hybridized carbons (Fsp3) is 0.250. The van der Waals surface area contributed by atoms with Crippen molar-refractivity contribution in [2.75, 3.05) is 19.7 Å². The van der Waals surface area contributed by atoms with Gasteiger partial charge in [0, 0.05) is 12.1 Å². The van der Waals surface area contributed by atoms with E-state index in [9.17, 15) is 18.8 Å². The van der Waals surface area contributed by atoms with Gasteiger partial charge in [-0.1, -0.05) is 35.9 Å². The molecule has 0 bridgehead atoms. The average Bonchev–Trinajstić information content (AvgIpc) is 2.66. The molecule has 2 aromatic carbocycles. The molecule has 0 heterocycles. The Bertz CT molecular complexity index is 823. The van der Waals surface area contributed by atoms with Gasteiger partial charge in [-0.25, -0.2) is 4.39 Å². The number of carbonyl (C=O) groups excluding carboxylic acids is 3. The number of aryl methyl sites for hydroxylation is 1. The highest BCUT2D eigenvalue weighted by Gasteiger charge is 2.11. The molecule has 0 spiro atoms. The van der Waals surface area contributed by atoms with Crippen LogP contribution >= 0.6 is 0 Å². The van der Waals surface area contributed by atoms with Crippen LogP contribution in [0.4, 0.5) is 4.39 Å². The molecule has 0 atom stereocenters. The number of esters is 1. The maximum atomic E-state index is 13.4. The number of ether oxygens (including phenoxy) is 1. The molecule has 0 saturated heterocycles. The van der Waals surface area contributed by atoms with E-state index in [1.807, 2.05) is 13.0 Å². The normalized spacial score (nSPS) is 10.1. The van der Waals surface area contributed by atoms with Crippen molar-refractivity contribution in [2.45, 2.75) is 13.3 Å². The number of halogens is 1. The Morgan fingerprint density at radius 1 is 1.04 bits per heavy atom. The number of amides is 2. The van der Waals surface area contributed by atoms with Gasteiger partial charge in [-0.05, 0) is 37.1 Å². The Balaban J connectivity index is 1.64. The molecule has 2 N–H and O–H groups in total. The van der Waals surface area contributed by atoms with E-state index in [-0.39, 0.29) is 18.9 Å². The molecule has 0 saturated carbocycles. The number of hydrogen-bond donors (Lipinski definition) is 2. The van der Waals surface area contributed by atoms with Gasteiger partial charge in [-0.3, -0.25) is 14.4 Å². The lowest BCUT2D eigenvalue weighted by Gasteiger charge is -2.08. The van der Waals surface area contributed by atoms with Crippen molar-refractivity contribution in [1.29, 1.82) is 0 Å². The maximum absolute atomic E-state index is 13.4. The Labute approximate surface area is 156 Å². The summed E-state index contributed by atoms with van der Waals surface area (Å²) in [5.74, 6) is -1.95. The Morgan fingerprint density at radius 2 is 1.81 bits per heavy atom. The molecule has 6 nitrogen and oxygen atoms in total. The fourth-order valence-corrected chi connectivity index (χ4v) is 2.33. The van der Waals surface area contributed by atoms with Crippen molar-refractivity contribution in [3.63, 3.8) is 0 Å². The molecule has 27 heavy (non-hydrogen) atoms. The third kappa shape index (κ3) is 6.89. The summed E-state index contributed by atoms with van der Waals surface area (Å²) in [7, 11) is 0. The van der Waals surface area contributed by atoms with E-state index < -0.39 is 24.4 Å². The van der Waals surface area contributed by atoms with Crippen molar-refractivity contribution in [1.82, 2.24) is 10.6 Å². The zero-order valence-corrected chi connectivity index (χ0v) is 15.0. The first-order chi connectivity index (χ1) is 13.0. The third-order valence-corrected chi connectivity index (χ3v) is 3.71. The van der Waals surface area contributed by atoms with Gasteiger partial charge in [0.25, 0.3) is 11.8 Å². The molecule has 2 aromatic rings. The first-order valence-corrected chi connectivity index (χ1v) is 8.46. The van der Waals surface area contributed by atoms with E-state index in [2.05, 4.69) is 10.6 Å². The van der Waals surface area contributed by atoms with E-state index in [0.717, 1.165) is 5.56 Å². The van der Waals surface area contributed by atoms with Gasteiger partial charge < -0.3 is 15.4 Å². The van der Waals surface area contributed by atoms with Crippen molar-refractivity contribution < 1.29 is 23.5 Å². The molecule has 142 valence electrons. The topological polar surface area (TPSA) is 84.5 Å². The zero-order valence-electron chi connectivity index (χ0n) is 15.0. The lowest BCUT2D eigenvalue weighted by Crippen LogP contribution is -2.34. The SMILES string of the molecule is Cc1cccc(C(=O)NCC(=O)OCC(=O)NCCc2ccccc2F)c1. The van der Waals surface area contributed by atoms with Crippen LogP contribution < -0.4 is 10.6 Å². The molecule has 2 rings (SSSR count). The lowest BCUT2D eigenvalue weighted by atomic mass is 10.1. The summed E-state index contributed by atoms with van der Waals surface area (Å²) in [5, 5.41) is 4.97. The van der Waals surface area contributed by atoms with E-state index >= 15 is 0 Å². The molecule has 7 heteroatoms. The summed E-state index contributed by atoms with van der Waals surface area (Å²) in [6, 6.07) is 13.2. The number of hydrogen-bond acceptors (Lipinski definition) is 4. The maximum Gasteiger partial charge on any atom is 0.325 e. The molecular weight excluding hydrogens is 351 g/mol. The predicted octanol–water partition coefficient (Wildman–Crippen LogP) is 1.77. The molecule has 0 aliphatic carbocycles. The second-order valence-corrected chi connectivity index (χ2v) is 5.90. The van der Waals surface area contributed by atoms with Crippen LogP contribution in [0.1, 0.15) is 21.5 Å². The van der Waals surface area contributed by atoms with Gasteiger partial charge in [-0.2, -0.15) is 0 Å². The van der Waals surface area contributed by atoms with Crippen molar-refractivity contribution in [2.24, 2.45) is 0 Å². The predicted molar refractivity (Wildman–Crippen MR) is 97.6 cm³/mol. The van der Waals surface area contributed by atoms with Crippen LogP contribution in [0.25, 0.3) is 0 Å². The third-order valence-electron chi connectivity index (χ3n) is 3.71. The number of carbonyl (C=O) groups is 3. The molecule has 0 aromatic heterocycles. The van der Waals surface area contributed by atoms with Gasteiger partial charge in [0.1, 0.15) is 12.4 Å². The molecule has 0 unspecified atom stereocenters. The summed E-state index contributed by atoms with van der Waals surface area (Å²) in [5.41, 5.74) is 1.86. The highest BCUT2D eigenvalue weighted by Crippen LogP contribution is 2.06. The van der Waals surface area contributed by atoms with Crippen LogP contribution in [0.5, 0.6) is 0 Å². The van der Waals surface area contributed by atoms with Gasteiger partial charge >= 0.3 is 5.97 Å². The molecule has 0 fully saturated rings. The molecule has 0 radical (unpaired) electrons. The summed E-state index contributed by atoms with van der Waals surface area (Å²) in [6.45, 7) is 1.28. The average molecular weight is 372 g/mol. The second kappa shape index (κ2) is 10.1. The zero-order chi connectivity index (χ0) is 19.6. The largest absolute Gasteiger partial charge is 0.454 e. The van der Waals surface area contributed by atoms with Crippen LogP contribution in [0.2, 0.25) is 0 Å². The molecular formula is C20H21FN2O4. The summed E-state index contributed by atoms with van der Waals surface area (Å²) in [6.07, 6.45) is 0.332. The van der Waals surface area contributed by atoms with E-state index in [4.69, 9.17) is 4.74 Å². The van der Waals surface area contributed by atoms with Crippen molar-refractivity contribution in [3.8, 4) is 0 Å². The number of benzene rings is 2. The van der Waals surface area contributed by atoms with Crippen molar-refractivity contribution >= 4 is 17.8 Å². The standard InChI is InChI=1S/C20H21FN2O4/c1-14-5-4-7-16(11-14)20(26)23-12-19(25)27-13-18(24)22-10-9-15-6-2-3-8-17(15)21/h2-8,11H,9-10,12-13H2,1H3,(H,22,24)(H,23,26). The van der Waals surface area contributed by atoms with E-state index in [1.54, 1.807) is 36.4 Å². The molecule has 0 aliphatic heterocycles. The fourth-order valence-electron chi connectivity index (χ4n) is 2.33. The monoisotopic (exact) mass is 372 g/mol. The van der Waals surface area contributed by atoms with Gasteiger partial charge in [0.2, 0.25) is 0 Å². The van der Waals surface area contributed by atoms with Gasteiger partial charge in [-0.15, -0.1) is 0 Å². The summed E-state index contributed by atoms with van der Waals surface area (Å²) < 4.78 is 18.2. The van der Waals surface area contributed by atoms with E-state index in [1.165, 1.54) is 6.07 Å². The van der Waals surface area contributed by atoms with Gasteiger partial charge in [0.15, 0.2) is 6.61 Å². The lowest BCUT2D eigenvalue weighted by molar-refractivity contribution is -0.147. The summed E-state index contributed by atoms with van der Waals surface area (Å²) >= 11 is 0. The van der Waals surface area contributed by atoms with Gasteiger partial charge in [0.05, 0.1) is 0 Å². The minimum atomic E-state index is -0.722. The number of nitrogens with one attached hydrogen (secondary N) is 2. The van der Waals surface area contributed by atoms with Crippen LogP contribution in [-0.2, 0) is 20.7 Å². The van der Waals surface area contributed by atoms with E-state index in [0.29, 0.717) is 17.5 Å². The molecule has 2 amide bonds. The highest BCUT2D eigenvalue weighted by molar-refractivity contribution is 5.96. The summed E-state index contributed by atoms with van der Waals surface area (Å²) in [4.78, 5) is 35.2. The molecule has 0 aliphatic rings. The first kappa shape index (κ1) is 20.1. The second-order valence-electron chi connectivity index (χ2n) is 5.90. The van der Waals surface area contributed by atoms with Crippen LogP contribution in [0, 0.1) is 12.7 Å². The minimum absolute atomic E-state index is 0.224. The van der Waals surface area contributed by atoms with Crippen LogP contribution in [-0.4, -0.2) is 37.5 Å². The smallest absolute Gasteiger partial charge is 0.325 e. The van der Waals surface area contributed by atoms with Crippen LogP contribution in [0.15, 0.2) is 48.5 Å². The van der Waals surface area contributed by atoms with Crippen molar-refractivity contribution in [3.05, 3.63) is 71.0 Å². The quantitative estimate of drug-likeness (QED) is 0.692. The Morgan fingerprint density at radius 3 is 2.56 bits per heavy atom.